The van der Waals surface area contributed by atoms with Crippen molar-refractivity contribution in [1.82, 2.24) is 9.97 Å². The van der Waals surface area contributed by atoms with Crippen molar-refractivity contribution >= 4 is 23.2 Å². The Kier molecular flexibility index (Phi) is 3.68. The Hall–Kier alpha value is -2.63. The average Bonchev–Trinajstić information content (AvgIpc) is 3.02. The van der Waals surface area contributed by atoms with Gasteiger partial charge in [-0.05, 0) is 37.1 Å². The number of hydrogen-bond donors (Lipinski definition) is 2. The quantitative estimate of drug-likeness (QED) is 0.898. The third-order valence-electron chi connectivity index (χ3n) is 3.46. The fourth-order valence-electron chi connectivity index (χ4n) is 2.41. The van der Waals surface area contributed by atoms with Crippen LogP contribution >= 0.6 is 0 Å². The van der Waals surface area contributed by atoms with Gasteiger partial charge in [-0.25, -0.2) is 9.78 Å². The number of rotatable bonds is 4. The predicted octanol–water partition coefficient (Wildman–Crippen LogP) is 2.52. The van der Waals surface area contributed by atoms with Gasteiger partial charge in [-0.3, -0.25) is 4.98 Å². The molecule has 1 aromatic heterocycles. The zero-order valence-electron chi connectivity index (χ0n) is 11.5. The minimum Gasteiger partial charge on any atom is -0.476 e. The second kappa shape index (κ2) is 5.78. The van der Waals surface area contributed by atoms with Gasteiger partial charge in [0.25, 0.3) is 0 Å². The van der Waals surface area contributed by atoms with E-state index in [2.05, 4.69) is 32.3 Å². The molecule has 0 bridgehead atoms. The van der Waals surface area contributed by atoms with Crippen LogP contribution in [0.3, 0.4) is 0 Å². The fraction of sp³-hybridized carbons (Fsp3) is 0.267. The van der Waals surface area contributed by atoms with Crippen molar-refractivity contribution in [3.05, 3.63) is 42.4 Å². The molecule has 0 unspecified atom stereocenters. The van der Waals surface area contributed by atoms with Crippen LogP contribution in [0.25, 0.3) is 0 Å². The van der Waals surface area contributed by atoms with Crippen molar-refractivity contribution in [2.24, 2.45) is 0 Å². The Bertz CT molecular complexity index is 636. The van der Waals surface area contributed by atoms with Gasteiger partial charge in [0, 0.05) is 24.5 Å². The van der Waals surface area contributed by atoms with Crippen molar-refractivity contribution < 1.29 is 9.90 Å². The number of aromatic carboxylic acids is 1. The molecule has 1 fully saturated rings. The number of aromatic nitrogens is 2. The molecule has 0 spiro atoms. The summed E-state index contributed by atoms with van der Waals surface area (Å²) in [5.41, 5.74) is 1.99. The molecular weight excluding hydrogens is 268 g/mol. The summed E-state index contributed by atoms with van der Waals surface area (Å²) in [6.07, 6.45) is 5.22. The van der Waals surface area contributed by atoms with Gasteiger partial charge < -0.3 is 15.3 Å². The number of nitrogens with zero attached hydrogens (tertiary/aromatic N) is 3. The van der Waals surface area contributed by atoms with Gasteiger partial charge >= 0.3 is 5.97 Å². The molecule has 0 radical (unpaired) electrons. The van der Waals surface area contributed by atoms with Crippen LogP contribution in [0.1, 0.15) is 23.3 Å². The first-order valence-corrected chi connectivity index (χ1v) is 6.90. The van der Waals surface area contributed by atoms with Crippen LogP contribution in [0.15, 0.2) is 36.7 Å². The molecule has 108 valence electrons. The zero-order chi connectivity index (χ0) is 14.7. The third-order valence-corrected chi connectivity index (χ3v) is 3.46. The number of anilines is 3. The van der Waals surface area contributed by atoms with E-state index < -0.39 is 5.97 Å². The highest BCUT2D eigenvalue weighted by molar-refractivity contribution is 5.85. The molecule has 6 heteroatoms. The molecule has 2 heterocycles. The molecule has 1 aliphatic rings. The summed E-state index contributed by atoms with van der Waals surface area (Å²) in [7, 11) is 0. The van der Waals surface area contributed by atoms with Crippen LogP contribution in [0.4, 0.5) is 17.2 Å². The van der Waals surface area contributed by atoms with Gasteiger partial charge in [0.15, 0.2) is 5.69 Å². The van der Waals surface area contributed by atoms with E-state index in [-0.39, 0.29) is 5.69 Å². The molecule has 1 saturated heterocycles. The van der Waals surface area contributed by atoms with Gasteiger partial charge in [0.2, 0.25) is 0 Å². The fourth-order valence-corrected chi connectivity index (χ4v) is 2.41. The van der Waals surface area contributed by atoms with E-state index in [0.717, 1.165) is 18.8 Å². The maximum absolute atomic E-state index is 10.9. The van der Waals surface area contributed by atoms with E-state index in [1.54, 1.807) is 0 Å². The van der Waals surface area contributed by atoms with Crippen molar-refractivity contribution in [2.75, 3.05) is 23.3 Å². The van der Waals surface area contributed by atoms with Crippen LogP contribution < -0.4 is 10.2 Å². The molecule has 0 amide bonds. The van der Waals surface area contributed by atoms with E-state index in [9.17, 15) is 4.79 Å². The van der Waals surface area contributed by atoms with Gasteiger partial charge in [0.1, 0.15) is 5.82 Å². The van der Waals surface area contributed by atoms with E-state index in [1.165, 1.54) is 30.9 Å². The molecule has 6 nitrogen and oxygen atoms in total. The van der Waals surface area contributed by atoms with Gasteiger partial charge in [-0.15, -0.1) is 0 Å². The monoisotopic (exact) mass is 284 g/mol. The van der Waals surface area contributed by atoms with E-state index in [1.807, 2.05) is 12.1 Å². The Labute approximate surface area is 122 Å². The first kappa shape index (κ1) is 13.4. The number of carbonyl (C=O) groups is 1. The second-order valence-corrected chi connectivity index (χ2v) is 4.96. The van der Waals surface area contributed by atoms with Crippen LogP contribution in [0.5, 0.6) is 0 Å². The number of hydrogen-bond acceptors (Lipinski definition) is 5. The van der Waals surface area contributed by atoms with E-state index in [0.29, 0.717) is 5.82 Å². The second-order valence-electron chi connectivity index (χ2n) is 4.96. The minimum atomic E-state index is -1.09. The van der Waals surface area contributed by atoms with E-state index in [4.69, 9.17) is 5.11 Å². The van der Waals surface area contributed by atoms with Crippen molar-refractivity contribution in [1.29, 1.82) is 0 Å². The first-order chi connectivity index (χ1) is 10.2. The van der Waals surface area contributed by atoms with Crippen LogP contribution in [-0.2, 0) is 0 Å². The highest BCUT2D eigenvalue weighted by atomic mass is 16.4. The standard InChI is InChI=1S/C15H16N4O2/c20-15(21)13-9-16-10-14(18-13)17-11-3-5-12(6-4-11)19-7-1-2-8-19/h3-6,9-10H,1-2,7-8H2,(H,17,18)(H,20,21). The summed E-state index contributed by atoms with van der Waals surface area (Å²) in [5, 5.41) is 12.0. The molecule has 0 saturated carbocycles. The van der Waals surface area contributed by atoms with Gasteiger partial charge in [0.05, 0.1) is 12.4 Å². The van der Waals surface area contributed by atoms with E-state index >= 15 is 0 Å². The summed E-state index contributed by atoms with van der Waals surface area (Å²) in [6.45, 7) is 2.22. The number of carboxylic acids is 1. The lowest BCUT2D eigenvalue weighted by molar-refractivity contribution is 0.0690. The topological polar surface area (TPSA) is 78.3 Å². The Balaban J connectivity index is 1.72. The summed E-state index contributed by atoms with van der Waals surface area (Å²) >= 11 is 0. The van der Waals surface area contributed by atoms with Crippen molar-refractivity contribution in [3.8, 4) is 0 Å². The highest BCUT2D eigenvalue weighted by Crippen LogP contribution is 2.23. The smallest absolute Gasteiger partial charge is 0.356 e. The predicted molar refractivity (Wildman–Crippen MR) is 80.2 cm³/mol. The maximum Gasteiger partial charge on any atom is 0.356 e. The first-order valence-electron chi connectivity index (χ1n) is 6.90. The number of benzene rings is 1. The summed E-state index contributed by atoms with van der Waals surface area (Å²) in [5.74, 6) is -0.667. The lowest BCUT2D eigenvalue weighted by Gasteiger charge is -2.17. The molecule has 1 aromatic carbocycles. The SMILES string of the molecule is O=C(O)c1cncc(Nc2ccc(N3CCCC3)cc2)n1. The number of nitrogens with one attached hydrogen (secondary N) is 1. The molecule has 21 heavy (non-hydrogen) atoms. The summed E-state index contributed by atoms with van der Waals surface area (Å²) < 4.78 is 0. The molecule has 0 atom stereocenters. The van der Waals surface area contributed by atoms with Crippen molar-refractivity contribution in [3.63, 3.8) is 0 Å². The lowest BCUT2D eigenvalue weighted by Crippen LogP contribution is -2.17. The molecule has 0 aliphatic carbocycles. The maximum atomic E-state index is 10.9. The van der Waals surface area contributed by atoms with Crippen molar-refractivity contribution in [2.45, 2.75) is 12.8 Å². The number of carboxylic acid groups (broad SMARTS) is 1. The Morgan fingerprint density at radius 2 is 1.86 bits per heavy atom. The minimum absolute atomic E-state index is 0.0753. The highest BCUT2D eigenvalue weighted by Gasteiger charge is 2.12. The summed E-state index contributed by atoms with van der Waals surface area (Å²) in [6, 6.07) is 8.04. The largest absolute Gasteiger partial charge is 0.476 e. The van der Waals surface area contributed by atoms with Gasteiger partial charge in [-0.1, -0.05) is 0 Å². The van der Waals surface area contributed by atoms with Crippen LogP contribution in [-0.4, -0.2) is 34.1 Å². The van der Waals surface area contributed by atoms with Crippen LogP contribution in [0.2, 0.25) is 0 Å². The lowest BCUT2D eigenvalue weighted by atomic mass is 10.2. The summed E-state index contributed by atoms with van der Waals surface area (Å²) in [4.78, 5) is 21.1. The molecule has 3 rings (SSSR count). The molecule has 1 aliphatic heterocycles. The van der Waals surface area contributed by atoms with Gasteiger partial charge in [-0.2, -0.15) is 0 Å². The third kappa shape index (κ3) is 3.10. The Morgan fingerprint density at radius 3 is 2.52 bits per heavy atom. The molecule has 2 N–H and O–H groups in total. The molecule has 2 aromatic rings. The Morgan fingerprint density at radius 1 is 1.14 bits per heavy atom. The van der Waals surface area contributed by atoms with Crippen LogP contribution in [0, 0.1) is 0 Å². The normalized spacial score (nSPS) is 14.2. The average molecular weight is 284 g/mol. The zero-order valence-corrected chi connectivity index (χ0v) is 11.5. The molecular formula is C15H16N4O2.